The lowest BCUT2D eigenvalue weighted by atomic mass is 10.1. The van der Waals surface area contributed by atoms with E-state index in [1.54, 1.807) is 23.4 Å². The molecule has 31 heavy (non-hydrogen) atoms. The van der Waals surface area contributed by atoms with Crippen LogP contribution in [0.2, 0.25) is 0 Å². The second kappa shape index (κ2) is 8.62. The summed E-state index contributed by atoms with van der Waals surface area (Å²) in [4.78, 5) is 4.34. The third-order valence-electron chi connectivity index (χ3n) is 5.36. The molecule has 8 nitrogen and oxygen atoms in total. The lowest BCUT2D eigenvalue weighted by Gasteiger charge is -2.11. The maximum atomic E-state index is 14.7. The molecule has 0 aliphatic heterocycles. The standard InChI is InChI=1S/C21H26F2N6O2/c1-4-31-14-9-16(22)15(17(23)10-14)11-29-19(13-5-6-13)12(2)18(26-29)20-25-21(24)28(27-20)7-8-30-3/h9-10,13H,4-8,11H2,1-3H3,(H2,24,25,27). The van der Waals surface area contributed by atoms with Crippen molar-refractivity contribution in [3.63, 3.8) is 0 Å². The van der Waals surface area contributed by atoms with E-state index in [1.807, 2.05) is 6.92 Å². The molecule has 1 aromatic carbocycles. The second-order valence-corrected chi connectivity index (χ2v) is 7.60. The third-order valence-corrected chi connectivity index (χ3v) is 5.36. The van der Waals surface area contributed by atoms with E-state index in [0.717, 1.165) is 24.1 Å². The van der Waals surface area contributed by atoms with Gasteiger partial charge in [0.15, 0.2) is 0 Å². The first kappa shape index (κ1) is 21.2. The van der Waals surface area contributed by atoms with Gasteiger partial charge >= 0.3 is 0 Å². The Labute approximate surface area is 179 Å². The molecule has 2 aromatic heterocycles. The number of benzene rings is 1. The van der Waals surface area contributed by atoms with Crippen LogP contribution in [0.3, 0.4) is 0 Å². The largest absolute Gasteiger partial charge is 0.494 e. The molecule has 0 saturated heterocycles. The Morgan fingerprint density at radius 2 is 1.87 bits per heavy atom. The summed E-state index contributed by atoms with van der Waals surface area (Å²) in [7, 11) is 1.60. The van der Waals surface area contributed by atoms with Gasteiger partial charge in [-0.3, -0.25) is 4.68 Å². The monoisotopic (exact) mass is 432 g/mol. The van der Waals surface area contributed by atoms with Gasteiger partial charge in [0.05, 0.1) is 26.3 Å². The quantitative estimate of drug-likeness (QED) is 0.558. The average molecular weight is 432 g/mol. The number of nitrogens with two attached hydrogens (primary N) is 1. The SMILES string of the molecule is CCOc1cc(F)c(Cn2nc(-c3nc(N)n(CCOC)n3)c(C)c2C2CC2)c(F)c1. The fraction of sp³-hybridized carbons (Fsp3) is 0.476. The van der Waals surface area contributed by atoms with Crippen LogP contribution in [0, 0.1) is 18.6 Å². The molecule has 2 heterocycles. The summed E-state index contributed by atoms with van der Waals surface area (Å²) < 4.78 is 42.8. The van der Waals surface area contributed by atoms with E-state index in [-0.39, 0.29) is 23.8 Å². The van der Waals surface area contributed by atoms with Gasteiger partial charge in [0.1, 0.15) is 23.1 Å². The van der Waals surface area contributed by atoms with Gasteiger partial charge in [0.25, 0.3) is 0 Å². The van der Waals surface area contributed by atoms with E-state index in [0.29, 0.717) is 37.2 Å². The van der Waals surface area contributed by atoms with Gasteiger partial charge in [-0.15, -0.1) is 5.10 Å². The topological polar surface area (TPSA) is 93.0 Å². The Hall–Kier alpha value is -3.01. The fourth-order valence-electron chi connectivity index (χ4n) is 3.70. The number of hydrogen-bond donors (Lipinski definition) is 1. The number of aromatic nitrogens is 5. The summed E-state index contributed by atoms with van der Waals surface area (Å²) in [6.07, 6.45) is 2.02. The normalized spacial score (nSPS) is 13.7. The van der Waals surface area contributed by atoms with Gasteiger partial charge < -0.3 is 15.2 Å². The van der Waals surface area contributed by atoms with E-state index in [2.05, 4.69) is 15.2 Å². The molecule has 10 heteroatoms. The first-order chi connectivity index (χ1) is 14.9. The van der Waals surface area contributed by atoms with E-state index in [9.17, 15) is 8.78 Å². The van der Waals surface area contributed by atoms with E-state index in [1.165, 1.54) is 12.1 Å². The molecule has 3 aromatic rings. The maximum Gasteiger partial charge on any atom is 0.219 e. The van der Waals surface area contributed by atoms with Crippen molar-refractivity contribution in [2.45, 2.75) is 45.7 Å². The molecule has 0 amide bonds. The highest BCUT2D eigenvalue weighted by Gasteiger charge is 2.32. The Bertz CT molecular complexity index is 1070. The van der Waals surface area contributed by atoms with Gasteiger partial charge in [-0.1, -0.05) is 0 Å². The van der Waals surface area contributed by atoms with Crippen LogP contribution in [0.15, 0.2) is 12.1 Å². The second-order valence-electron chi connectivity index (χ2n) is 7.60. The van der Waals surface area contributed by atoms with Crippen LogP contribution in [0.1, 0.15) is 42.5 Å². The predicted molar refractivity (Wildman–Crippen MR) is 111 cm³/mol. The minimum Gasteiger partial charge on any atom is -0.494 e. The van der Waals surface area contributed by atoms with Crippen molar-refractivity contribution in [1.82, 2.24) is 24.5 Å². The fourth-order valence-corrected chi connectivity index (χ4v) is 3.70. The molecule has 2 N–H and O–H groups in total. The van der Waals surface area contributed by atoms with Crippen molar-refractivity contribution in [2.75, 3.05) is 26.1 Å². The third kappa shape index (κ3) is 4.25. The van der Waals surface area contributed by atoms with Gasteiger partial charge in [-0.2, -0.15) is 10.1 Å². The molecule has 0 bridgehead atoms. The first-order valence-electron chi connectivity index (χ1n) is 10.3. The number of methoxy groups -OCH3 is 1. The number of rotatable bonds is 9. The lowest BCUT2D eigenvalue weighted by Crippen LogP contribution is -2.10. The number of ether oxygens (including phenoxy) is 2. The number of nitrogen functional groups attached to an aromatic ring is 1. The van der Waals surface area contributed by atoms with Crippen molar-refractivity contribution in [3.8, 4) is 17.3 Å². The minimum atomic E-state index is -0.661. The van der Waals surface area contributed by atoms with Crippen LogP contribution in [0.5, 0.6) is 5.75 Å². The molecule has 0 radical (unpaired) electrons. The van der Waals surface area contributed by atoms with Crippen molar-refractivity contribution >= 4 is 5.95 Å². The molecule has 1 aliphatic carbocycles. The van der Waals surface area contributed by atoms with Crippen molar-refractivity contribution < 1.29 is 18.3 Å². The average Bonchev–Trinajstić information content (AvgIpc) is 3.41. The van der Waals surface area contributed by atoms with Crippen LogP contribution in [0.25, 0.3) is 11.5 Å². The van der Waals surface area contributed by atoms with Crippen LogP contribution >= 0.6 is 0 Å². The molecule has 1 saturated carbocycles. The number of nitrogens with zero attached hydrogens (tertiary/aromatic N) is 5. The molecule has 4 rings (SSSR count). The first-order valence-corrected chi connectivity index (χ1v) is 10.3. The molecule has 1 fully saturated rings. The van der Waals surface area contributed by atoms with Gasteiger partial charge in [0.2, 0.25) is 11.8 Å². The summed E-state index contributed by atoms with van der Waals surface area (Å²) in [6, 6.07) is 2.41. The Morgan fingerprint density at radius 1 is 1.16 bits per heavy atom. The molecule has 0 atom stereocenters. The zero-order chi connectivity index (χ0) is 22.1. The zero-order valence-electron chi connectivity index (χ0n) is 17.9. The summed E-state index contributed by atoms with van der Waals surface area (Å²) in [5.74, 6) is -0.195. The van der Waals surface area contributed by atoms with E-state index >= 15 is 0 Å². The minimum absolute atomic E-state index is 0.0311. The van der Waals surface area contributed by atoms with Crippen LogP contribution in [0.4, 0.5) is 14.7 Å². The van der Waals surface area contributed by atoms with E-state index < -0.39 is 11.6 Å². The zero-order valence-corrected chi connectivity index (χ0v) is 17.9. The van der Waals surface area contributed by atoms with Crippen LogP contribution in [-0.4, -0.2) is 44.9 Å². The van der Waals surface area contributed by atoms with E-state index in [4.69, 9.17) is 15.2 Å². The number of halogens is 2. The molecule has 0 spiro atoms. The number of hydrogen-bond acceptors (Lipinski definition) is 6. The van der Waals surface area contributed by atoms with Gasteiger partial charge in [-0.05, 0) is 26.7 Å². The predicted octanol–water partition coefficient (Wildman–Crippen LogP) is 3.28. The summed E-state index contributed by atoms with van der Waals surface area (Å²) in [5, 5.41) is 9.09. The Balaban J connectivity index is 1.70. The maximum absolute atomic E-state index is 14.7. The number of anilines is 1. The molecule has 1 aliphatic rings. The molecule has 166 valence electrons. The van der Waals surface area contributed by atoms with Gasteiger partial charge in [-0.25, -0.2) is 13.5 Å². The van der Waals surface area contributed by atoms with Crippen molar-refractivity contribution in [3.05, 3.63) is 40.6 Å². The summed E-state index contributed by atoms with van der Waals surface area (Å²) >= 11 is 0. The summed E-state index contributed by atoms with van der Waals surface area (Å²) in [5.41, 5.74) is 8.34. The molecular weight excluding hydrogens is 406 g/mol. The molecular formula is C21H26F2N6O2. The van der Waals surface area contributed by atoms with Crippen molar-refractivity contribution in [2.24, 2.45) is 0 Å². The van der Waals surface area contributed by atoms with Crippen LogP contribution in [-0.2, 0) is 17.8 Å². The highest BCUT2D eigenvalue weighted by molar-refractivity contribution is 5.58. The van der Waals surface area contributed by atoms with Crippen molar-refractivity contribution in [1.29, 1.82) is 0 Å². The molecule has 0 unspecified atom stereocenters. The van der Waals surface area contributed by atoms with Crippen LogP contribution < -0.4 is 10.5 Å². The smallest absolute Gasteiger partial charge is 0.219 e. The Kier molecular flexibility index (Phi) is 5.90. The van der Waals surface area contributed by atoms with Gasteiger partial charge in [0, 0.05) is 42.0 Å². The highest BCUT2D eigenvalue weighted by atomic mass is 19.1. The summed E-state index contributed by atoms with van der Waals surface area (Å²) in [6.45, 7) is 4.91. The lowest BCUT2D eigenvalue weighted by molar-refractivity contribution is 0.184. The highest BCUT2D eigenvalue weighted by Crippen LogP contribution is 2.43. The Morgan fingerprint density at radius 3 is 2.48 bits per heavy atom.